The van der Waals surface area contributed by atoms with Gasteiger partial charge in [0.2, 0.25) is 5.78 Å². The third kappa shape index (κ3) is 1.96. The number of fused-ring (bicyclic) bond motifs is 1. The van der Waals surface area contributed by atoms with E-state index in [0.717, 1.165) is 0 Å². The van der Waals surface area contributed by atoms with Gasteiger partial charge in [-0.05, 0) is 18.2 Å². The van der Waals surface area contributed by atoms with Crippen molar-refractivity contribution in [3.05, 3.63) is 47.5 Å². The van der Waals surface area contributed by atoms with Crippen molar-refractivity contribution in [2.24, 2.45) is 0 Å². The molecule has 0 saturated carbocycles. The number of phenolic OH excluding ortho intramolecular Hbond substituents is 3. The van der Waals surface area contributed by atoms with Crippen molar-refractivity contribution in [3.63, 3.8) is 0 Å². The largest absolute Gasteiger partial charge is 0.507 e. The summed E-state index contributed by atoms with van der Waals surface area (Å²) in [4.78, 5) is 12.2. The summed E-state index contributed by atoms with van der Waals surface area (Å²) in [5.41, 5.74) is -0.00858. The molecule has 0 bridgehead atoms. The molecule has 6 heteroatoms. The molecular formula is C15H12O6. The van der Waals surface area contributed by atoms with Crippen LogP contribution in [0.25, 0.3) is 0 Å². The van der Waals surface area contributed by atoms with Crippen LogP contribution in [-0.2, 0) is 0 Å². The number of ether oxygens (including phenoxy) is 1. The number of rotatable bonds is 1. The first-order valence-electron chi connectivity index (χ1n) is 6.22. The molecule has 108 valence electrons. The maximum absolute atomic E-state index is 12.2. The van der Waals surface area contributed by atoms with Crippen molar-refractivity contribution >= 4 is 5.78 Å². The van der Waals surface area contributed by atoms with Crippen LogP contribution in [0.5, 0.6) is 23.0 Å². The molecule has 0 aliphatic carbocycles. The minimum Gasteiger partial charge on any atom is -0.507 e. The smallest absolute Gasteiger partial charge is 0.202 e. The van der Waals surface area contributed by atoms with Crippen LogP contribution < -0.4 is 4.74 Å². The number of Topliss-reactive ketones (excluding diaryl/α,β-unsaturated/α-hetero) is 1. The van der Waals surface area contributed by atoms with Crippen molar-refractivity contribution in [1.29, 1.82) is 0 Å². The van der Waals surface area contributed by atoms with Gasteiger partial charge in [0, 0.05) is 5.56 Å². The molecule has 2 atom stereocenters. The molecule has 0 aromatic heterocycles. The SMILES string of the molecule is O=C1c2c(O)cccc2O[C@H](c2cccc(O)c2O)[C@H]1O. The summed E-state index contributed by atoms with van der Waals surface area (Å²) in [5.74, 6) is -1.72. The van der Waals surface area contributed by atoms with E-state index in [2.05, 4.69) is 0 Å². The standard InChI is InChI=1S/C15H12O6/c16-8-4-2-6-10-11(8)13(19)14(20)15(21-10)7-3-1-5-9(17)12(7)18/h1-6,14-18,20H/t14-,15+/m0/s1. The van der Waals surface area contributed by atoms with Gasteiger partial charge in [-0.1, -0.05) is 18.2 Å². The molecule has 21 heavy (non-hydrogen) atoms. The molecule has 0 unspecified atom stereocenters. The van der Waals surface area contributed by atoms with Crippen molar-refractivity contribution < 1.29 is 30.0 Å². The Bertz CT molecular complexity index is 724. The van der Waals surface area contributed by atoms with Crippen LogP contribution >= 0.6 is 0 Å². The second-order valence-corrected chi connectivity index (χ2v) is 4.71. The van der Waals surface area contributed by atoms with E-state index in [-0.39, 0.29) is 28.4 Å². The second kappa shape index (κ2) is 4.68. The third-order valence-corrected chi connectivity index (χ3v) is 3.41. The fourth-order valence-corrected chi connectivity index (χ4v) is 2.36. The molecule has 6 nitrogen and oxygen atoms in total. The topological polar surface area (TPSA) is 107 Å². The number of aliphatic hydroxyl groups is 1. The van der Waals surface area contributed by atoms with Gasteiger partial charge in [-0.25, -0.2) is 0 Å². The van der Waals surface area contributed by atoms with Crippen LogP contribution in [0, 0.1) is 0 Å². The van der Waals surface area contributed by atoms with Gasteiger partial charge in [-0.15, -0.1) is 0 Å². The lowest BCUT2D eigenvalue weighted by Gasteiger charge is -2.30. The van der Waals surface area contributed by atoms with Crippen LogP contribution in [0.4, 0.5) is 0 Å². The fourth-order valence-electron chi connectivity index (χ4n) is 2.36. The van der Waals surface area contributed by atoms with Crippen molar-refractivity contribution in [3.8, 4) is 23.0 Å². The zero-order valence-corrected chi connectivity index (χ0v) is 10.7. The first kappa shape index (κ1) is 13.3. The van der Waals surface area contributed by atoms with Crippen LogP contribution in [0.1, 0.15) is 22.0 Å². The van der Waals surface area contributed by atoms with Crippen molar-refractivity contribution in [2.45, 2.75) is 12.2 Å². The minimum atomic E-state index is -1.60. The highest BCUT2D eigenvalue weighted by atomic mass is 16.5. The summed E-state index contributed by atoms with van der Waals surface area (Å²) in [7, 11) is 0. The summed E-state index contributed by atoms with van der Waals surface area (Å²) < 4.78 is 5.52. The van der Waals surface area contributed by atoms with Gasteiger partial charge in [0.05, 0.1) is 0 Å². The van der Waals surface area contributed by atoms with Crippen molar-refractivity contribution in [2.75, 3.05) is 0 Å². The zero-order valence-electron chi connectivity index (χ0n) is 10.7. The summed E-state index contributed by atoms with van der Waals surface area (Å²) >= 11 is 0. The number of hydrogen-bond acceptors (Lipinski definition) is 6. The summed E-state index contributed by atoms with van der Waals surface area (Å²) in [6.07, 6.45) is -2.77. The van der Waals surface area contributed by atoms with Gasteiger partial charge in [-0.3, -0.25) is 4.79 Å². The van der Waals surface area contributed by atoms with E-state index >= 15 is 0 Å². The molecule has 0 spiro atoms. The molecule has 2 aromatic rings. The van der Waals surface area contributed by atoms with E-state index < -0.39 is 23.7 Å². The Labute approximate surface area is 119 Å². The average Bonchev–Trinajstić information content (AvgIpc) is 2.46. The minimum absolute atomic E-state index is 0.0878. The molecule has 0 radical (unpaired) electrons. The summed E-state index contributed by atoms with van der Waals surface area (Å²) in [6.45, 7) is 0. The molecule has 4 N–H and O–H groups in total. The maximum Gasteiger partial charge on any atom is 0.202 e. The number of aromatic hydroxyl groups is 3. The normalized spacial score (nSPS) is 20.7. The Balaban J connectivity index is 2.11. The predicted molar refractivity (Wildman–Crippen MR) is 71.6 cm³/mol. The van der Waals surface area contributed by atoms with Crippen molar-refractivity contribution in [1.82, 2.24) is 0 Å². The summed E-state index contributed by atoms with van der Waals surface area (Å²) in [5, 5.41) is 39.2. The molecule has 1 heterocycles. The molecule has 2 aromatic carbocycles. The monoisotopic (exact) mass is 288 g/mol. The van der Waals surface area contributed by atoms with E-state index in [1.165, 1.54) is 36.4 Å². The highest BCUT2D eigenvalue weighted by Crippen LogP contribution is 2.42. The first-order valence-corrected chi connectivity index (χ1v) is 6.22. The average molecular weight is 288 g/mol. The molecular weight excluding hydrogens is 276 g/mol. The lowest BCUT2D eigenvalue weighted by Crippen LogP contribution is -2.36. The number of benzene rings is 2. The van der Waals surface area contributed by atoms with Crippen LogP contribution in [0.2, 0.25) is 0 Å². The first-order chi connectivity index (χ1) is 10.0. The number of carbonyl (C=O) groups is 1. The number of phenols is 3. The molecule has 0 fully saturated rings. The van der Waals surface area contributed by atoms with Crippen LogP contribution in [0.3, 0.4) is 0 Å². The highest BCUT2D eigenvalue weighted by molar-refractivity contribution is 6.05. The molecule has 0 amide bonds. The van der Waals surface area contributed by atoms with E-state index in [4.69, 9.17) is 4.74 Å². The summed E-state index contributed by atoms with van der Waals surface area (Å²) in [6, 6.07) is 8.46. The number of para-hydroxylation sites is 1. The zero-order chi connectivity index (χ0) is 15.1. The van der Waals surface area contributed by atoms with Gasteiger partial charge in [-0.2, -0.15) is 0 Å². The number of aliphatic hydroxyl groups excluding tert-OH is 1. The Hall–Kier alpha value is -2.73. The Kier molecular flexibility index (Phi) is 2.95. The van der Waals surface area contributed by atoms with Gasteiger partial charge < -0.3 is 25.2 Å². The van der Waals surface area contributed by atoms with E-state index in [1.54, 1.807) is 0 Å². The molecule has 1 aliphatic rings. The second-order valence-electron chi connectivity index (χ2n) is 4.71. The van der Waals surface area contributed by atoms with Gasteiger partial charge in [0.1, 0.15) is 17.1 Å². The van der Waals surface area contributed by atoms with E-state index in [0.29, 0.717) is 0 Å². The van der Waals surface area contributed by atoms with Crippen LogP contribution in [-0.4, -0.2) is 32.3 Å². The third-order valence-electron chi connectivity index (χ3n) is 3.41. The fraction of sp³-hybridized carbons (Fsp3) is 0.133. The number of ketones is 1. The quantitative estimate of drug-likeness (QED) is 0.592. The van der Waals surface area contributed by atoms with Gasteiger partial charge in [0.25, 0.3) is 0 Å². The highest BCUT2D eigenvalue weighted by Gasteiger charge is 2.39. The molecule has 1 aliphatic heterocycles. The maximum atomic E-state index is 12.2. The Morgan fingerprint density at radius 2 is 1.62 bits per heavy atom. The van der Waals surface area contributed by atoms with Gasteiger partial charge >= 0.3 is 0 Å². The Morgan fingerprint density at radius 3 is 2.38 bits per heavy atom. The lowest BCUT2D eigenvalue weighted by molar-refractivity contribution is 0.0203. The van der Waals surface area contributed by atoms with E-state index in [1.807, 2.05) is 0 Å². The van der Waals surface area contributed by atoms with E-state index in [9.17, 15) is 25.2 Å². The lowest BCUT2D eigenvalue weighted by atomic mass is 9.92. The Morgan fingerprint density at radius 1 is 0.952 bits per heavy atom. The predicted octanol–water partition coefficient (Wildman–Crippen LogP) is 1.48. The molecule has 3 rings (SSSR count). The van der Waals surface area contributed by atoms with Gasteiger partial charge in [0.15, 0.2) is 23.7 Å². The van der Waals surface area contributed by atoms with Crippen LogP contribution in [0.15, 0.2) is 36.4 Å². The molecule has 0 saturated heterocycles. The number of hydrogen-bond donors (Lipinski definition) is 4. The number of carbonyl (C=O) groups excluding carboxylic acids is 1.